The number of amides is 2. The molecule has 3 N–H and O–H groups in total. The lowest BCUT2D eigenvalue weighted by molar-refractivity contribution is -0.142. The number of pyridine rings is 1. The first kappa shape index (κ1) is 27.6. The summed E-state index contributed by atoms with van der Waals surface area (Å²) in [5.41, 5.74) is -0.974. The maximum atomic E-state index is 13.8. The SMILES string of the molecule is O=C(O)N[C@@H](CC(=O)N1CCc2c(nc(-c3cccnc3)nc2C(F)(F)F)C1)CN1CC(F)(F)CCC1O. The first-order chi connectivity index (χ1) is 17.8. The van der Waals surface area contributed by atoms with Crippen molar-refractivity contribution in [3.63, 3.8) is 0 Å². The fourth-order valence-electron chi connectivity index (χ4n) is 4.65. The number of alkyl halides is 5. The molecular formula is C23H25F5N6O4. The van der Waals surface area contributed by atoms with Crippen LogP contribution in [0.1, 0.15) is 36.2 Å². The highest BCUT2D eigenvalue weighted by Gasteiger charge is 2.41. The fourth-order valence-corrected chi connectivity index (χ4v) is 4.65. The van der Waals surface area contributed by atoms with Gasteiger partial charge in [-0.25, -0.2) is 23.5 Å². The first-order valence-corrected chi connectivity index (χ1v) is 11.8. The van der Waals surface area contributed by atoms with E-state index in [0.29, 0.717) is 0 Å². The van der Waals surface area contributed by atoms with Crippen molar-refractivity contribution in [2.24, 2.45) is 0 Å². The number of nitrogens with one attached hydrogen (secondary N) is 1. The van der Waals surface area contributed by atoms with Crippen LogP contribution in [0.25, 0.3) is 11.4 Å². The van der Waals surface area contributed by atoms with Gasteiger partial charge >= 0.3 is 12.3 Å². The molecule has 2 aliphatic rings. The van der Waals surface area contributed by atoms with Crippen LogP contribution in [-0.4, -0.2) is 84.8 Å². The van der Waals surface area contributed by atoms with Gasteiger partial charge in [-0.1, -0.05) is 0 Å². The van der Waals surface area contributed by atoms with Crippen LogP contribution in [0.4, 0.5) is 26.7 Å². The van der Waals surface area contributed by atoms with Gasteiger partial charge < -0.3 is 20.4 Å². The maximum absolute atomic E-state index is 13.8. The normalized spacial score (nSPS) is 20.5. The number of piperidine rings is 1. The van der Waals surface area contributed by atoms with Gasteiger partial charge in [0.2, 0.25) is 5.91 Å². The molecule has 4 heterocycles. The molecule has 38 heavy (non-hydrogen) atoms. The Bertz CT molecular complexity index is 1180. The van der Waals surface area contributed by atoms with E-state index in [2.05, 4.69) is 20.3 Å². The van der Waals surface area contributed by atoms with E-state index in [0.717, 1.165) is 4.90 Å². The smallest absolute Gasteiger partial charge is 0.433 e. The van der Waals surface area contributed by atoms with Crippen LogP contribution in [0, 0.1) is 0 Å². The highest BCUT2D eigenvalue weighted by Crippen LogP contribution is 2.35. The van der Waals surface area contributed by atoms with E-state index in [1.165, 1.54) is 29.4 Å². The Kier molecular flexibility index (Phi) is 7.78. The van der Waals surface area contributed by atoms with Crippen LogP contribution in [0.5, 0.6) is 0 Å². The molecular weight excluding hydrogens is 519 g/mol. The number of likely N-dealkylation sites (tertiary alicyclic amines) is 1. The standard InChI is InChI=1S/C23H25F5N6O4/c24-22(25)5-3-17(35)34(12-22)10-14(30-21(37)38)8-18(36)33-7-4-15-16(11-33)31-20(13-2-1-6-29-9-13)32-19(15)23(26,27)28/h1-2,6,9,14,17,30,35H,3-5,7-8,10-12H2,(H,37,38)/t14-,17?/m0/s1. The van der Waals surface area contributed by atoms with Crippen LogP contribution < -0.4 is 5.32 Å². The topological polar surface area (TPSA) is 132 Å². The Morgan fingerprint density at radius 2 is 2.03 bits per heavy atom. The largest absolute Gasteiger partial charge is 0.465 e. The van der Waals surface area contributed by atoms with Gasteiger partial charge in [0, 0.05) is 49.5 Å². The second kappa shape index (κ2) is 10.7. The van der Waals surface area contributed by atoms with Gasteiger partial charge in [-0.05, 0) is 25.0 Å². The van der Waals surface area contributed by atoms with Crippen LogP contribution in [0.2, 0.25) is 0 Å². The Labute approximate surface area is 213 Å². The molecule has 10 nitrogen and oxygen atoms in total. The summed E-state index contributed by atoms with van der Waals surface area (Å²) < 4.78 is 69.1. The number of fused-ring (bicyclic) bond motifs is 1. The van der Waals surface area contributed by atoms with E-state index < -0.39 is 61.4 Å². The average Bonchev–Trinajstić information content (AvgIpc) is 2.84. The van der Waals surface area contributed by atoms with Crippen molar-refractivity contribution < 1.29 is 41.8 Å². The minimum absolute atomic E-state index is 0.000355. The second-order valence-electron chi connectivity index (χ2n) is 9.28. The van der Waals surface area contributed by atoms with Gasteiger partial charge in [0.05, 0.1) is 24.8 Å². The molecule has 2 aromatic rings. The van der Waals surface area contributed by atoms with Gasteiger partial charge in [0.1, 0.15) is 6.23 Å². The Hall–Kier alpha value is -3.46. The molecule has 2 aromatic heterocycles. The Balaban J connectivity index is 1.54. The lowest BCUT2D eigenvalue weighted by Gasteiger charge is -2.38. The van der Waals surface area contributed by atoms with E-state index in [4.69, 9.17) is 0 Å². The van der Waals surface area contributed by atoms with E-state index in [-0.39, 0.29) is 55.1 Å². The van der Waals surface area contributed by atoms with Crippen molar-refractivity contribution in [1.82, 2.24) is 30.1 Å². The van der Waals surface area contributed by atoms with E-state index in [1.54, 1.807) is 0 Å². The zero-order valence-corrected chi connectivity index (χ0v) is 20.0. The summed E-state index contributed by atoms with van der Waals surface area (Å²) in [7, 11) is 0. The van der Waals surface area contributed by atoms with Gasteiger partial charge in [0.25, 0.3) is 5.92 Å². The summed E-state index contributed by atoms with van der Waals surface area (Å²) in [6.07, 6.45) is -6.10. The molecule has 0 aliphatic carbocycles. The zero-order valence-electron chi connectivity index (χ0n) is 20.0. The number of aromatic nitrogens is 3. The zero-order chi connectivity index (χ0) is 27.7. The fraction of sp³-hybridized carbons (Fsp3) is 0.522. The molecule has 15 heteroatoms. The molecule has 1 saturated heterocycles. The number of carbonyl (C=O) groups is 2. The number of carboxylic acid groups (broad SMARTS) is 1. The summed E-state index contributed by atoms with van der Waals surface area (Å²) in [5, 5.41) is 21.4. The molecule has 0 bridgehead atoms. The number of halogens is 5. The van der Waals surface area contributed by atoms with E-state index in [1.807, 2.05) is 0 Å². The van der Waals surface area contributed by atoms with Crippen molar-refractivity contribution in [3.8, 4) is 11.4 Å². The summed E-state index contributed by atoms with van der Waals surface area (Å²) in [6, 6.07) is 1.87. The third-order valence-electron chi connectivity index (χ3n) is 6.43. The van der Waals surface area contributed by atoms with Crippen LogP contribution >= 0.6 is 0 Å². The van der Waals surface area contributed by atoms with E-state index >= 15 is 0 Å². The summed E-state index contributed by atoms with van der Waals surface area (Å²) in [5.74, 6) is -3.89. The summed E-state index contributed by atoms with van der Waals surface area (Å²) in [4.78, 5) is 38.5. The monoisotopic (exact) mass is 544 g/mol. The van der Waals surface area contributed by atoms with Crippen molar-refractivity contribution in [1.29, 1.82) is 0 Å². The number of nitrogens with zero attached hydrogens (tertiary/aromatic N) is 5. The predicted octanol–water partition coefficient (Wildman–Crippen LogP) is 2.52. The number of carbonyl (C=O) groups excluding carboxylic acids is 1. The first-order valence-electron chi connectivity index (χ1n) is 11.8. The van der Waals surface area contributed by atoms with Gasteiger partial charge in [-0.15, -0.1) is 0 Å². The van der Waals surface area contributed by atoms with E-state index in [9.17, 15) is 41.8 Å². The van der Waals surface area contributed by atoms with Crippen molar-refractivity contribution in [3.05, 3.63) is 41.5 Å². The van der Waals surface area contributed by atoms with Gasteiger partial charge in [0.15, 0.2) is 11.5 Å². The highest BCUT2D eigenvalue weighted by atomic mass is 19.4. The molecule has 4 rings (SSSR count). The lowest BCUT2D eigenvalue weighted by atomic mass is 10.0. The average molecular weight is 544 g/mol. The molecule has 206 valence electrons. The number of hydrogen-bond acceptors (Lipinski definition) is 7. The molecule has 1 unspecified atom stereocenters. The van der Waals surface area contributed by atoms with Crippen molar-refractivity contribution in [2.45, 2.75) is 56.6 Å². The van der Waals surface area contributed by atoms with Crippen LogP contribution in [-0.2, 0) is 23.9 Å². The molecule has 0 spiro atoms. The number of rotatable bonds is 6. The van der Waals surface area contributed by atoms with Crippen molar-refractivity contribution in [2.75, 3.05) is 19.6 Å². The quantitative estimate of drug-likeness (QED) is 0.473. The molecule has 2 amide bonds. The molecule has 2 atom stereocenters. The molecule has 1 fully saturated rings. The van der Waals surface area contributed by atoms with Gasteiger partial charge in [-0.2, -0.15) is 13.2 Å². The molecule has 0 aromatic carbocycles. The second-order valence-corrected chi connectivity index (χ2v) is 9.28. The van der Waals surface area contributed by atoms with Gasteiger partial charge in [-0.3, -0.25) is 14.7 Å². The summed E-state index contributed by atoms with van der Waals surface area (Å²) >= 11 is 0. The third kappa shape index (κ3) is 6.51. The van der Waals surface area contributed by atoms with Crippen molar-refractivity contribution >= 4 is 12.0 Å². The maximum Gasteiger partial charge on any atom is 0.433 e. The number of hydrogen-bond donors (Lipinski definition) is 3. The number of aliphatic hydroxyl groups excluding tert-OH is 1. The molecule has 0 saturated carbocycles. The number of aliphatic hydroxyl groups is 1. The highest BCUT2D eigenvalue weighted by molar-refractivity contribution is 5.78. The minimum Gasteiger partial charge on any atom is -0.465 e. The Morgan fingerprint density at radius 1 is 1.26 bits per heavy atom. The van der Waals surface area contributed by atoms with Crippen LogP contribution in [0.3, 0.4) is 0 Å². The lowest BCUT2D eigenvalue weighted by Crippen LogP contribution is -2.54. The summed E-state index contributed by atoms with van der Waals surface area (Å²) in [6.45, 7) is -1.54. The Morgan fingerprint density at radius 3 is 2.68 bits per heavy atom. The molecule has 2 aliphatic heterocycles. The predicted molar refractivity (Wildman–Crippen MR) is 121 cm³/mol. The van der Waals surface area contributed by atoms with Crippen LogP contribution in [0.15, 0.2) is 24.5 Å². The minimum atomic E-state index is -4.76. The molecule has 0 radical (unpaired) electrons. The third-order valence-corrected chi connectivity index (χ3v) is 6.43.